The van der Waals surface area contributed by atoms with Crippen molar-refractivity contribution in [2.75, 3.05) is 11.1 Å². The van der Waals surface area contributed by atoms with Crippen LogP contribution in [0, 0.1) is 0 Å². The number of nitrogens with zero attached hydrogens (tertiary/aromatic N) is 4. The maximum absolute atomic E-state index is 12.8. The molecule has 180 valence electrons. The molecule has 1 aliphatic rings. The first kappa shape index (κ1) is 23.0. The fraction of sp³-hybridized carbons (Fsp3) is 0.333. The Kier molecular flexibility index (Phi) is 6.21. The first-order valence-electron chi connectivity index (χ1n) is 12.1. The Labute approximate surface area is 204 Å². The van der Waals surface area contributed by atoms with Crippen LogP contribution < -0.4 is 11.1 Å². The maximum atomic E-state index is 12.8. The highest BCUT2D eigenvalue weighted by Gasteiger charge is 2.26. The second-order valence-corrected chi connectivity index (χ2v) is 9.52. The van der Waals surface area contributed by atoms with Gasteiger partial charge in [-0.05, 0) is 61.4 Å². The monoisotopic (exact) mass is 470 g/mol. The Morgan fingerprint density at radius 2 is 1.83 bits per heavy atom. The quantitative estimate of drug-likeness (QED) is 0.387. The molecule has 1 saturated carbocycles. The number of hydrogen-bond donors (Lipinski definition) is 3. The van der Waals surface area contributed by atoms with Gasteiger partial charge in [-0.3, -0.25) is 9.20 Å². The lowest BCUT2D eigenvalue weighted by molar-refractivity contribution is 0.102. The molecule has 8 nitrogen and oxygen atoms in total. The number of carbonyl (C=O) groups excluding carboxylic acids is 1. The zero-order chi connectivity index (χ0) is 24.5. The van der Waals surface area contributed by atoms with Gasteiger partial charge in [0.05, 0.1) is 6.10 Å². The molecule has 3 heterocycles. The van der Waals surface area contributed by atoms with Gasteiger partial charge in [0.1, 0.15) is 28.7 Å². The van der Waals surface area contributed by atoms with E-state index in [0.29, 0.717) is 23.1 Å². The van der Waals surface area contributed by atoms with Gasteiger partial charge in [0.25, 0.3) is 5.91 Å². The third kappa shape index (κ3) is 4.61. The van der Waals surface area contributed by atoms with Gasteiger partial charge in [0.15, 0.2) is 0 Å². The van der Waals surface area contributed by atoms with Crippen molar-refractivity contribution in [2.45, 2.75) is 57.5 Å². The number of rotatable bonds is 5. The van der Waals surface area contributed by atoms with Crippen molar-refractivity contribution in [1.29, 1.82) is 0 Å². The molecule has 5 rings (SSSR count). The zero-order valence-electron chi connectivity index (χ0n) is 20.0. The molecule has 3 aromatic heterocycles. The second kappa shape index (κ2) is 9.46. The van der Waals surface area contributed by atoms with Crippen molar-refractivity contribution in [3.63, 3.8) is 0 Å². The minimum atomic E-state index is -0.231. The highest BCUT2D eigenvalue weighted by Crippen LogP contribution is 2.36. The molecule has 0 saturated heterocycles. The molecule has 35 heavy (non-hydrogen) atoms. The number of benzene rings is 1. The molecular weight excluding hydrogens is 440 g/mol. The summed E-state index contributed by atoms with van der Waals surface area (Å²) in [5, 5.41) is 12.8. The van der Waals surface area contributed by atoms with Crippen molar-refractivity contribution in [1.82, 2.24) is 19.4 Å². The predicted molar refractivity (Wildman–Crippen MR) is 136 cm³/mol. The molecule has 8 heteroatoms. The molecule has 1 aliphatic carbocycles. The normalized spacial score (nSPS) is 18.2. The summed E-state index contributed by atoms with van der Waals surface area (Å²) in [5.41, 5.74) is 10.3. The summed E-state index contributed by atoms with van der Waals surface area (Å²) in [6.45, 7) is 4.20. The van der Waals surface area contributed by atoms with Gasteiger partial charge < -0.3 is 16.2 Å². The lowest BCUT2D eigenvalue weighted by Gasteiger charge is -2.24. The minimum absolute atomic E-state index is 0.220. The largest absolute Gasteiger partial charge is 0.393 e. The van der Waals surface area contributed by atoms with E-state index in [9.17, 15) is 9.90 Å². The maximum Gasteiger partial charge on any atom is 0.256 e. The summed E-state index contributed by atoms with van der Waals surface area (Å²) in [4.78, 5) is 26.4. The Morgan fingerprint density at radius 1 is 1.09 bits per heavy atom. The number of aliphatic hydroxyl groups excluding tert-OH is 1. The van der Waals surface area contributed by atoms with Crippen LogP contribution in [0.5, 0.6) is 0 Å². The SMILES string of the molecule is CC(C)c1ccnc(NC(=O)c2ccc(-c3nc(C4CCC(O)CC4)n4ccnc(N)c34)cc2)c1. The number of hydrogen-bond acceptors (Lipinski definition) is 6. The van der Waals surface area contributed by atoms with E-state index in [-0.39, 0.29) is 17.9 Å². The highest BCUT2D eigenvalue weighted by molar-refractivity contribution is 6.04. The Bertz CT molecular complexity index is 1350. The van der Waals surface area contributed by atoms with Crippen molar-refractivity contribution in [3.8, 4) is 11.3 Å². The van der Waals surface area contributed by atoms with Gasteiger partial charge in [-0.15, -0.1) is 0 Å². The number of amides is 1. The Balaban J connectivity index is 1.43. The average Bonchev–Trinajstić information content (AvgIpc) is 3.26. The van der Waals surface area contributed by atoms with E-state index in [0.717, 1.165) is 53.8 Å². The lowest BCUT2D eigenvalue weighted by Crippen LogP contribution is -2.18. The summed E-state index contributed by atoms with van der Waals surface area (Å²) >= 11 is 0. The van der Waals surface area contributed by atoms with Crippen molar-refractivity contribution in [2.24, 2.45) is 0 Å². The predicted octanol–water partition coefficient (Wildman–Crippen LogP) is 4.77. The number of carbonyl (C=O) groups is 1. The van der Waals surface area contributed by atoms with Crippen LogP contribution >= 0.6 is 0 Å². The number of aliphatic hydroxyl groups is 1. The number of nitrogen functional groups attached to an aromatic ring is 1. The van der Waals surface area contributed by atoms with Gasteiger partial charge in [-0.25, -0.2) is 15.0 Å². The number of nitrogens with two attached hydrogens (primary N) is 1. The number of fused-ring (bicyclic) bond motifs is 1. The summed E-state index contributed by atoms with van der Waals surface area (Å²) in [5.74, 6) is 2.27. The van der Waals surface area contributed by atoms with E-state index in [1.165, 1.54) is 0 Å². The molecular formula is C27H30N6O2. The van der Waals surface area contributed by atoms with Crippen LogP contribution in [-0.4, -0.2) is 36.5 Å². The molecule has 0 bridgehead atoms. The summed E-state index contributed by atoms with van der Waals surface area (Å²) < 4.78 is 2.02. The van der Waals surface area contributed by atoms with Crippen LogP contribution in [0.25, 0.3) is 16.8 Å². The van der Waals surface area contributed by atoms with E-state index >= 15 is 0 Å². The van der Waals surface area contributed by atoms with Crippen LogP contribution in [0.3, 0.4) is 0 Å². The first-order valence-corrected chi connectivity index (χ1v) is 12.1. The summed E-state index contributed by atoms with van der Waals surface area (Å²) in [7, 11) is 0. The zero-order valence-corrected chi connectivity index (χ0v) is 20.0. The standard InChI is InChI=1S/C27H30N6O2/c1-16(2)20-11-12-29-22(15-20)31-27(35)19-5-3-17(4-6-19)23-24-25(28)30-13-14-33(24)26(32-23)18-7-9-21(34)10-8-18/h3-6,11-16,18,21,34H,7-10H2,1-2H3,(H2,28,30)(H,29,31,35). The smallest absolute Gasteiger partial charge is 0.256 e. The van der Waals surface area contributed by atoms with Crippen LogP contribution in [0.4, 0.5) is 11.6 Å². The van der Waals surface area contributed by atoms with Crippen molar-refractivity contribution in [3.05, 3.63) is 71.9 Å². The number of imidazole rings is 1. The van der Waals surface area contributed by atoms with Crippen molar-refractivity contribution < 1.29 is 9.90 Å². The molecule has 0 spiro atoms. The molecule has 0 atom stereocenters. The number of anilines is 2. The van der Waals surface area contributed by atoms with Crippen LogP contribution in [0.15, 0.2) is 55.0 Å². The molecule has 0 unspecified atom stereocenters. The van der Waals surface area contributed by atoms with Crippen LogP contribution in [-0.2, 0) is 0 Å². The summed E-state index contributed by atoms with van der Waals surface area (Å²) in [6.07, 6.45) is 8.36. The molecule has 4 aromatic rings. The van der Waals surface area contributed by atoms with E-state index < -0.39 is 0 Å². The van der Waals surface area contributed by atoms with Gasteiger partial charge in [0, 0.05) is 35.6 Å². The average molecular weight is 471 g/mol. The molecule has 1 aromatic carbocycles. The molecule has 1 fully saturated rings. The van der Waals surface area contributed by atoms with E-state index in [1.54, 1.807) is 24.5 Å². The van der Waals surface area contributed by atoms with Crippen LogP contribution in [0.1, 0.15) is 73.1 Å². The minimum Gasteiger partial charge on any atom is -0.393 e. The Morgan fingerprint density at radius 3 is 2.54 bits per heavy atom. The third-order valence-corrected chi connectivity index (χ3v) is 6.78. The van der Waals surface area contributed by atoms with E-state index in [1.807, 2.05) is 34.9 Å². The lowest BCUT2D eigenvalue weighted by atomic mass is 9.87. The fourth-order valence-corrected chi connectivity index (χ4v) is 4.75. The second-order valence-electron chi connectivity index (χ2n) is 9.52. The summed E-state index contributed by atoms with van der Waals surface area (Å²) in [6, 6.07) is 11.2. The molecule has 4 N–H and O–H groups in total. The van der Waals surface area contributed by atoms with Crippen molar-refractivity contribution >= 4 is 23.1 Å². The highest BCUT2D eigenvalue weighted by atomic mass is 16.3. The van der Waals surface area contributed by atoms with Crippen LogP contribution in [0.2, 0.25) is 0 Å². The third-order valence-electron chi connectivity index (χ3n) is 6.78. The topological polar surface area (TPSA) is 118 Å². The molecule has 0 aliphatic heterocycles. The van der Waals surface area contributed by atoms with Gasteiger partial charge in [0.2, 0.25) is 0 Å². The first-order chi connectivity index (χ1) is 16.9. The number of nitrogens with one attached hydrogen (secondary N) is 1. The van der Waals surface area contributed by atoms with E-state index in [2.05, 4.69) is 29.1 Å². The molecule has 0 radical (unpaired) electrons. The number of aromatic nitrogens is 4. The fourth-order valence-electron chi connectivity index (χ4n) is 4.75. The van der Waals surface area contributed by atoms with Gasteiger partial charge in [-0.2, -0.15) is 0 Å². The van der Waals surface area contributed by atoms with E-state index in [4.69, 9.17) is 10.7 Å². The Hall–Kier alpha value is -3.78. The van der Waals surface area contributed by atoms with Gasteiger partial charge >= 0.3 is 0 Å². The number of pyridine rings is 1. The van der Waals surface area contributed by atoms with Gasteiger partial charge in [-0.1, -0.05) is 26.0 Å². The molecule has 1 amide bonds.